The van der Waals surface area contributed by atoms with Crippen LogP contribution in [0.2, 0.25) is 0 Å². The van der Waals surface area contributed by atoms with Crippen LogP contribution >= 0.6 is 0 Å². The van der Waals surface area contributed by atoms with Gasteiger partial charge in [0, 0.05) is 25.3 Å². The molecule has 0 atom stereocenters. The molecule has 18 heteroatoms. The van der Waals surface area contributed by atoms with Crippen molar-refractivity contribution < 1.29 is 73.3 Å². The fourth-order valence-electron chi connectivity index (χ4n) is 5.18. The van der Waals surface area contributed by atoms with E-state index in [1.54, 1.807) is 42.5 Å². The van der Waals surface area contributed by atoms with Crippen LogP contribution in [0.5, 0.6) is 34.5 Å². The minimum Gasteiger partial charge on any atom is -0.493 e. The number of halogens is 3. The van der Waals surface area contributed by atoms with Crippen molar-refractivity contribution >= 4 is 22.1 Å². The molecule has 0 radical (unpaired) electrons. The van der Waals surface area contributed by atoms with E-state index in [1.807, 2.05) is 6.07 Å². The van der Waals surface area contributed by atoms with Crippen molar-refractivity contribution in [1.82, 2.24) is 4.57 Å². The molecule has 0 fully saturated rings. The largest absolute Gasteiger partial charge is 0.534 e. The number of benzene rings is 3. The molecule has 0 amide bonds. The highest BCUT2D eigenvalue weighted by molar-refractivity contribution is 7.88. The van der Waals surface area contributed by atoms with Crippen LogP contribution in [0.1, 0.15) is 32.1 Å². The third-order valence-corrected chi connectivity index (χ3v) is 8.58. The Balaban J connectivity index is 2.07. The van der Waals surface area contributed by atoms with E-state index in [9.17, 15) is 31.2 Å². The molecule has 0 spiro atoms. The van der Waals surface area contributed by atoms with Gasteiger partial charge in [-0.3, -0.25) is 0 Å². The van der Waals surface area contributed by atoms with Gasteiger partial charge in [-0.15, -0.1) is 0 Å². The lowest BCUT2D eigenvalue weighted by molar-refractivity contribution is -0.0500. The number of nitrogens with zero attached hydrogens (tertiary/aromatic N) is 1. The quantitative estimate of drug-likeness (QED) is 0.0552. The number of hydrogen-bond donors (Lipinski definition) is 0. The summed E-state index contributed by atoms with van der Waals surface area (Å²) in [5, 5.41) is 0. The minimum atomic E-state index is -6.48. The standard InChI is InChI=1S/C35H36F3NO13S/c1-44-20-51-25-18-28(50-19-22-10-8-7-9-11-22)27(47-4)17-23(25)29-30(33(40)48-5)39(15-14-21-12-13-24(45-2)26(16-21)46-3)31(34(41)49-6)32(29)52-53(42,43)35(36,37)38/h7-13,16-18H,14-15,19-20H2,1-6H3. The lowest BCUT2D eigenvalue weighted by Gasteiger charge is -2.18. The minimum absolute atomic E-state index is 0.00343. The van der Waals surface area contributed by atoms with Crippen molar-refractivity contribution in [2.45, 2.75) is 25.1 Å². The smallest absolute Gasteiger partial charge is 0.493 e. The number of aromatic nitrogens is 1. The fourth-order valence-corrected chi connectivity index (χ4v) is 5.65. The topological polar surface area (TPSA) is 156 Å². The Morgan fingerprint density at radius 1 is 0.698 bits per heavy atom. The zero-order valence-corrected chi connectivity index (χ0v) is 30.2. The van der Waals surface area contributed by atoms with E-state index < -0.39 is 57.1 Å². The molecule has 1 heterocycles. The van der Waals surface area contributed by atoms with Gasteiger partial charge in [-0.25, -0.2) is 9.59 Å². The number of esters is 2. The molecule has 286 valence electrons. The molecule has 4 rings (SSSR count). The summed E-state index contributed by atoms with van der Waals surface area (Å²) in [7, 11) is 0.802. The predicted molar refractivity (Wildman–Crippen MR) is 181 cm³/mol. The van der Waals surface area contributed by atoms with Gasteiger partial charge in [0.1, 0.15) is 18.1 Å². The van der Waals surface area contributed by atoms with Crippen LogP contribution in [0.3, 0.4) is 0 Å². The molecule has 0 aliphatic rings. The van der Waals surface area contributed by atoms with Gasteiger partial charge in [-0.2, -0.15) is 21.6 Å². The normalized spacial score (nSPS) is 11.4. The van der Waals surface area contributed by atoms with Crippen molar-refractivity contribution in [3.8, 4) is 45.6 Å². The summed E-state index contributed by atoms with van der Waals surface area (Å²) in [6.45, 7) is -0.729. The molecule has 1 aromatic heterocycles. The van der Waals surface area contributed by atoms with Gasteiger partial charge >= 0.3 is 27.6 Å². The molecule has 14 nitrogen and oxygen atoms in total. The van der Waals surface area contributed by atoms with Gasteiger partial charge in [0.25, 0.3) is 0 Å². The van der Waals surface area contributed by atoms with E-state index in [0.29, 0.717) is 17.1 Å². The number of alkyl halides is 3. The van der Waals surface area contributed by atoms with Crippen LogP contribution in [0, 0.1) is 0 Å². The van der Waals surface area contributed by atoms with Crippen molar-refractivity contribution in [1.29, 1.82) is 0 Å². The average Bonchev–Trinajstić information content (AvgIpc) is 3.46. The summed E-state index contributed by atoms with van der Waals surface area (Å²) >= 11 is 0. The number of carbonyl (C=O) groups is 2. The maximum Gasteiger partial charge on any atom is 0.534 e. The molecule has 3 aromatic carbocycles. The summed E-state index contributed by atoms with van der Waals surface area (Å²) < 4.78 is 116. The number of rotatable bonds is 17. The molecule has 0 saturated heterocycles. The lowest BCUT2D eigenvalue weighted by atomic mass is 10.0. The molecule has 0 bridgehead atoms. The van der Waals surface area contributed by atoms with Crippen LogP contribution in [-0.2, 0) is 43.9 Å². The molecule has 4 aromatic rings. The third-order valence-electron chi connectivity index (χ3n) is 7.63. The molecular formula is C35H36F3NO13S. The highest BCUT2D eigenvalue weighted by Crippen LogP contribution is 2.49. The van der Waals surface area contributed by atoms with E-state index in [2.05, 4.69) is 0 Å². The Kier molecular flexibility index (Phi) is 13.1. The maximum atomic E-state index is 13.9. The monoisotopic (exact) mass is 767 g/mol. The summed E-state index contributed by atoms with van der Waals surface area (Å²) in [6, 6.07) is 16.3. The third kappa shape index (κ3) is 8.89. The summed E-state index contributed by atoms with van der Waals surface area (Å²) in [6.07, 6.45) is -0.00343. The Bertz CT molecular complexity index is 2030. The second-order valence-electron chi connectivity index (χ2n) is 10.8. The van der Waals surface area contributed by atoms with E-state index >= 15 is 0 Å². The van der Waals surface area contributed by atoms with Gasteiger partial charge in [0.2, 0.25) is 0 Å². The van der Waals surface area contributed by atoms with Crippen molar-refractivity contribution in [2.24, 2.45) is 0 Å². The van der Waals surface area contributed by atoms with Gasteiger partial charge in [0.05, 0.1) is 41.1 Å². The van der Waals surface area contributed by atoms with Crippen LogP contribution in [0.4, 0.5) is 13.2 Å². The van der Waals surface area contributed by atoms with Crippen LogP contribution in [-0.4, -0.2) is 79.9 Å². The molecule has 0 N–H and O–H groups in total. The molecule has 0 aliphatic heterocycles. The predicted octanol–water partition coefficient (Wildman–Crippen LogP) is 5.79. The van der Waals surface area contributed by atoms with Crippen molar-refractivity contribution in [3.63, 3.8) is 0 Å². The first-order valence-corrected chi connectivity index (χ1v) is 16.8. The highest BCUT2D eigenvalue weighted by Gasteiger charge is 2.50. The average molecular weight is 768 g/mol. The second kappa shape index (κ2) is 17.3. The number of ether oxygens (including phenoxy) is 8. The van der Waals surface area contributed by atoms with Crippen LogP contribution in [0.15, 0.2) is 60.7 Å². The number of hydrogen-bond acceptors (Lipinski definition) is 13. The highest BCUT2D eigenvalue weighted by atomic mass is 32.2. The Morgan fingerprint density at radius 3 is 1.91 bits per heavy atom. The van der Waals surface area contributed by atoms with E-state index in [4.69, 9.17) is 42.1 Å². The molecule has 0 aliphatic carbocycles. The second-order valence-corrected chi connectivity index (χ2v) is 12.3. The summed E-state index contributed by atoms with van der Waals surface area (Å²) in [5.74, 6) is -3.18. The lowest BCUT2D eigenvalue weighted by Crippen LogP contribution is -2.29. The van der Waals surface area contributed by atoms with Gasteiger partial charge < -0.3 is 46.6 Å². The van der Waals surface area contributed by atoms with Crippen molar-refractivity contribution in [2.75, 3.05) is 49.5 Å². The maximum absolute atomic E-state index is 13.9. The number of aryl methyl sites for hydroxylation is 1. The van der Waals surface area contributed by atoms with Gasteiger partial charge in [0.15, 0.2) is 41.2 Å². The molecule has 0 unspecified atom stereocenters. The number of methoxy groups -OCH3 is 6. The van der Waals surface area contributed by atoms with E-state index in [0.717, 1.165) is 24.4 Å². The Hall–Kier alpha value is -5.62. The molecule has 0 saturated carbocycles. The summed E-state index contributed by atoms with van der Waals surface area (Å²) in [4.78, 5) is 27.2. The zero-order chi connectivity index (χ0) is 38.9. The van der Waals surface area contributed by atoms with E-state index in [1.165, 1.54) is 40.6 Å². The fraction of sp³-hybridized carbons (Fsp3) is 0.314. The molecular weight excluding hydrogens is 731 g/mol. The van der Waals surface area contributed by atoms with Gasteiger partial charge in [-0.1, -0.05) is 36.4 Å². The van der Waals surface area contributed by atoms with Crippen LogP contribution in [0.25, 0.3) is 11.1 Å². The zero-order valence-electron chi connectivity index (χ0n) is 29.4. The van der Waals surface area contributed by atoms with Crippen molar-refractivity contribution in [3.05, 3.63) is 83.2 Å². The summed E-state index contributed by atoms with van der Waals surface area (Å²) in [5.41, 5.74) is -7.01. The van der Waals surface area contributed by atoms with E-state index in [-0.39, 0.29) is 42.4 Å². The molecule has 53 heavy (non-hydrogen) atoms. The Labute approximate surface area is 302 Å². The number of carbonyl (C=O) groups excluding carboxylic acids is 2. The van der Waals surface area contributed by atoms with Crippen LogP contribution < -0.4 is 27.9 Å². The Morgan fingerprint density at radius 2 is 1.32 bits per heavy atom. The van der Waals surface area contributed by atoms with Gasteiger partial charge in [-0.05, 0) is 35.7 Å². The SMILES string of the molecule is COCOc1cc(OCc2ccccc2)c(OC)cc1-c1c(OS(=O)(=O)C(F)(F)F)c(C(=O)OC)n(CCc2ccc(OC)c(OC)c2)c1C(=O)OC. The first kappa shape index (κ1) is 40.2. The first-order chi connectivity index (χ1) is 25.2. The first-order valence-electron chi connectivity index (χ1n) is 15.4.